The van der Waals surface area contributed by atoms with E-state index >= 15 is 0 Å². The zero-order valence-electron chi connectivity index (χ0n) is 14.7. The van der Waals surface area contributed by atoms with Crippen molar-refractivity contribution in [3.8, 4) is 0 Å². The van der Waals surface area contributed by atoms with Gasteiger partial charge >= 0.3 is 0 Å². The summed E-state index contributed by atoms with van der Waals surface area (Å²) >= 11 is 0. The molecule has 1 saturated heterocycles. The Bertz CT molecular complexity index is 761. The summed E-state index contributed by atoms with van der Waals surface area (Å²) in [5.74, 6) is 2.72. The first-order valence-corrected chi connectivity index (χ1v) is 9.27. The van der Waals surface area contributed by atoms with Crippen LogP contribution in [0.15, 0.2) is 24.3 Å². The molecule has 1 aromatic carbocycles. The predicted octanol–water partition coefficient (Wildman–Crippen LogP) is 1.96. The number of carbonyl (C=O) groups is 1. The van der Waals surface area contributed by atoms with Gasteiger partial charge < -0.3 is 14.8 Å². The number of aromatic nitrogens is 3. The molecule has 2 aliphatic heterocycles. The molecule has 0 saturated carbocycles. The average Bonchev–Trinajstić information content (AvgIpc) is 3.11. The van der Waals surface area contributed by atoms with Gasteiger partial charge in [0.15, 0.2) is 0 Å². The number of nitrogens with zero attached hydrogens (tertiary/aromatic N) is 4. The van der Waals surface area contributed by atoms with Gasteiger partial charge in [-0.25, -0.2) is 0 Å². The molecule has 132 valence electrons. The third-order valence-electron chi connectivity index (χ3n) is 5.43. The number of rotatable bonds is 3. The van der Waals surface area contributed by atoms with Crippen molar-refractivity contribution >= 4 is 5.91 Å². The lowest BCUT2D eigenvalue weighted by molar-refractivity contribution is 0.0709. The molecule has 0 radical (unpaired) electrons. The third kappa shape index (κ3) is 3.06. The van der Waals surface area contributed by atoms with Crippen molar-refractivity contribution < 1.29 is 4.79 Å². The van der Waals surface area contributed by atoms with Gasteiger partial charge in [-0.05, 0) is 30.9 Å². The second-order valence-electron chi connectivity index (χ2n) is 6.88. The topological polar surface area (TPSA) is 63.1 Å². The normalized spacial score (nSPS) is 18.2. The number of hydrogen-bond donors (Lipinski definition) is 1. The van der Waals surface area contributed by atoms with E-state index in [1.165, 1.54) is 0 Å². The predicted molar refractivity (Wildman–Crippen MR) is 95.4 cm³/mol. The quantitative estimate of drug-likeness (QED) is 0.929. The largest absolute Gasteiger partial charge is 0.339 e. The highest BCUT2D eigenvalue weighted by Gasteiger charge is 2.29. The van der Waals surface area contributed by atoms with Gasteiger partial charge in [-0.2, -0.15) is 0 Å². The molecule has 25 heavy (non-hydrogen) atoms. The van der Waals surface area contributed by atoms with Crippen LogP contribution < -0.4 is 5.32 Å². The SMILES string of the molecule is CCc1ccccc1C(=O)N1CCC(c2nnc3n2CCNC3)CC1. The number of carbonyl (C=O) groups excluding carboxylic acids is 1. The van der Waals surface area contributed by atoms with Gasteiger partial charge in [0, 0.05) is 37.7 Å². The van der Waals surface area contributed by atoms with E-state index in [1.54, 1.807) is 0 Å². The molecule has 3 heterocycles. The summed E-state index contributed by atoms with van der Waals surface area (Å²) in [6.07, 6.45) is 2.81. The Labute approximate surface area is 148 Å². The lowest BCUT2D eigenvalue weighted by Gasteiger charge is -2.32. The van der Waals surface area contributed by atoms with Crippen LogP contribution in [0.1, 0.15) is 53.3 Å². The first kappa shape index (κ1) is 16.3. The van der Waals surface area contributed by atoms with Crippen LogP contribution in [-0.2, 0) is 19.5 Å². The highest BCUT2D eigenvalue weighted by Crippen LogP contribution is 2.28. The number of piperidine rings is 1. The molecule has 6 heteroatoms. The van der Waals surface area contributed by atoms with Crippen LogP contribution >= 0.6 is 0 Å². The monoisotopic (exact) mass is 339 g/mol. The third-order valence-corrected chi connectivity index (χ3v) is 5.43. The maximum absolute atomic E-state index is 12.9. The molecule has 2 aromatic rings. The molecule has 6 nitrogen and oxygen atoms in total. The van der Waals surface area contributed by atoms with Crippen LogP contribution in [0.25, 0.3) is 0 Å². The van der Waals surface area contributed by atoms with E-state index in [9.17, 15) is 4.79 Å². The smallest absolute Gasteiger partial charge is 0.254 e. The number of aryl methyl sites for hydroxylation is 1. The van der Waals surface area contributed by atoms with Gasteiger partial charge in [-0.15, -0.1) is 10.2 Å². The van der Waals surface area contributed by atoms with Crippen LogP contribution in [0.4, 0.5) is 0 Å². The fourth-order valence-corrected chi connectivity index (χ4v) is 3.96. The standard InChI is InChI=1S/C19H25N5O/c1-2-14-5-3-4-6-16(14)19(25)23-10-7-15(8-11-23)18-22-21-17-13-20-9-12-24(17)18/h3-6,15,20H,2,7-13H2,1H3. The molecular weight excluding hydrogens is 314 g/mol. The van der Waals surface area contributed by atoms with Crippen LogP contribution in [0.2, 0.25) is 0 Å². The fourth-order valence-electron chi connectivity index (χ4n) is 3.96. The minimum absolute atomic E-state index is 0.170. The maximum Gasteiger partial charge on any atom is 0.254 e. The molecule has 0 spiro atoms. The van der Waals surface area contributed by atoms with E-state index in [2.05, 4.69) is 33.1 Å². The Balaban J connectivity index is 1.45. The van der Waals surface area contributed by atoms with Gasteiger partial charge in [0.1, 0.15) is 11.6 Å². The van der Waals surface area contributed by atoms with Crippen molar-refractivity contribution in [2.45, 2.75) is 45.2 Å². The van der Waals surface area contributed by atoms with Crippen molar-refractivity contribution in [1.29, 1.82) is 0 Å². The van der Waals surface area contributed by atoms with E-state index in [4.69, 9.17) is 0 Å². The number of benzene rings is 1. The Morgan fingerprint density at radius 1 is 1.20 bits per heavy atom. The van der Waals surface area contributed by atoms with E-state index in [0.717, 1.165) is 74.8 Å². The average molecular weight is 339 g/mol. The highest BCUT2D eigenvalue weighted by atomic mass is 16.2. The number of hydrogen-bond acceptors (Lipinski definition) is 4. The minimum Gasteiger partial charge on any atom is -0.339 e. The number of likely N-dealkylation sites (tertiary alicyclic amines) is 1. The first-order chi connectivity index (χ1) is 12.3. The van der Waals surface area contributed by atoms with E-state index in [-0.39, 0.29) is 5.91 Å². The summed E-state index contributed by atoms with van der Waals surface area (Å²) in [4.78, 5) is 14.9. The zero-order chi connectivity index (χ0) is 17.2. The fraction of sp³-hybridized carbons (Fsp3) is 0.526. The second-order valence-corrected chi connectivity index (χ2v) is 6.88. The van der Waals surface area contributed by atoms with Crippen LogP contribution in [0.3, 0.4) is 0 Å². The molecule has 0 bridgehead atoms. The summed E-state index contributed by atoms with van der Waals surface area (Å²) < 4.78 is 2.27. The van der Waals surface area contributed by atoms with Crippen LogP contribution in [0, 0.1) is 0 Å². The molecule has 0 unspecified atom stereocenters. The van der Waals surface area contributed by atoms with E-state index < -0.39 is 0 Å². The van der Waals surface area contributed by atoms with E-state index in [0.29, 0.717) is 5.92 Å². The van der Waals surface area contributed by atoms with Gasteiger partial charge in [0.05, 0.1) is 6.54 Å². The molecule has 1 aromatic heterocycles. The molecule has 4 rings (SSSR count). The summed E-state index contributed by atoms with van der Waals surface area (Å²) in [5, 5.41) is 12.1. The first-order valence-electron chi connectivity index (χ1n) is 9.27. The lowest BCUT2D eigenvalue weighted by Crippen LogP contribution is -2.39. The number of nitrogens with one attached hydrogen (secondary N) is 1. The van der Waals surface area contributed by atoms with Crippen molar-refractivity contribution in [2.24, 2.45) is 0 Å². The van der Waals surface area contributed by atoms with E-state index in [1.807, 2.05) is 23.1 Å². The number of fused-ring (bicyclic) bond motifs is 1. The summed E-state index contributed by atoms with van der Waals surface area (Å²) in [6, 6.07) is 7.96. The molecule has 1 N–H and O–H groups in total. The molecule has 1 fully saturated rings. The van der Waals surface area contributed by atoms with Gasteiger partial charge in [0.25, 0.3) is 5.91 Å². The minimum atomic E-state index is 0.170. The van der Waals surface area contributed by atoms with Crippen molar-refractivity contribution in [1.82, 2.24) is 25.0 Å². The van der Waals surface area contributed by atoms with Gasteiger partial charge in [-0.1, -0.05) is 25.1 Å². The molecule has 2 aliphatic rings. The molecule has 0 aliphatic carbocycles. The van der Waals surface area contributed by atoms with Crippen molar-refractivity contribution in [2.75, 3.05) is 19.6 Å². The summed E-state index contributed by atoms with van der Waals surface area (Å²) in [6.45, 7) is 6.41. The lowest BCUT2D eigenvalue weighted by atomic mass is 9.94. The molecule has 1 amide bonds. The van der Waals surface area contributed by atoms with Crippen molar-refractivity contribution in [3.05, 3.63) is 47.0 Å². The highest BCUT2D eigenvalue weighted by molar-refractivity contribution is 5.95. The van der Waals surface area contributed by atoms with Crippen molar-refractivity contribution in [3.63, 3.8) is 0 Å². The number of amides is 1. The Kier molecular flexibility index (Phi) is 4.53. The molecular formula is C19H25N5O. The van der Waals surface area contributed by atoms with Gasteiger partial charge in [-0.3, -0.25) is 4.79 Å². The zero-order valence-corrected chi connectivity index (χ0v) is 14.7. The maximum atomic E-state index is 12.9. The Morgan fingerprint density at radius 3 is 2.80 bits per heavy atom. The van der Waals surface area contributed by atoms with Gasteiger partial charge in [0.2, 0.25) is 0 Å². The van der Waals surface area contributed by atoms with Crippen LogP contribution in [0.5, 0.6) is 0 Å². The van der Waals surface area contributed by atoms with Crippen LogP contribution in [-0.4, -0.2) is 45.2 Å². The Hall–Kier alpha value is -2.21. The molecule has 0 atom stereocenters. The summed E-state index contributed by atoms with van der Waals surface area (Å²) in [7, 11) is 0. The second kappa shape index (κ2) is 6.96. The summed E-state index contributed by atoms with van der Waals surface area (Å²) in [5.41, 5.74) is 1.99. The Morgan fingerprint density at radius 2 is 2.00 bits per heavy atom.